The van der Waals surface area contributed by atoms with Crippen molar-refractivity contribution in [2.75, 3.05) is 0 Å². The first-order valence-electron chi connectivity index (χ1n) is 6.42. The van der Waals surface area contributed by atoms with Crippen LogP contribution in [0.15, 0.2) is 0 Å². The number of carbonyl (C=O) groups excluding carboxylic acids is 3. The van der Waals surface area contributed by atoms with Gasteiger partial charge < -0.3 is 14.2 Å². The average molecular weight is 288 g/mol. The smallest absolute Gasteiger partial charge is 0.348 e. The first-order valence-corrected chi connectivity index (χ1v) is 6.42. The van der Waals surface area contributed by atoms with Crippen LogP contribution in [0.25, 0.3) is 0 Å². The summed E-state index contributed by atoms with van der Waals surface area (Å²) >= 11 is 0. The highest BCUT2D eigenvalue weighted by Gasteiger charge is 2.31. The molecule has 0 rings (SSSR count). The molecule has 0 saturated heterocycles. The fraction of sp³-hybridized carbons (Fsp3) is 0.786. The van der Waals surface area contributed by atoms with Crippen LogP contribution < -0.4 is 0 Å². The molecule has 0 aromatic rings. The standard InChI is InChI=1S/C14H24O6/c1-9(15)18-10(12(17)20-14(5,6)7)8-11(16)19-13(2,3)4/h10H,8H2,1-7H3/t10-/m1/s1. The highest BCUT2D eigenvalue weighted by Crippen LogP contribution is 2.15. The minimum absolute atomic E-state index is 0.369. The van der Waals surface area contributed by atoms with Gasteiger partial charge in [0.25, 0.3) is 0 Å². The molecule has 0 fully saturated rings. The lowest BCUT2D eigenvalue weighted by Gasteiger charge is -2.24. The molecule has 6 heteroatoms. The van der Waals surface area contributed by atoms with E-state index >= 15 is 0 Å². The first-order chi connectivity index (χ1) is 8.80. The second-order valence-electron chi connectivity index (χ2n) is 6.42. The molecule has 0 radical (unpaired) electrons. The lowest BCUT2D eigenvalue weighted by Crippen LogP contribution is -2.37. The van der Waals surface area contributed by atoms with Gasteiger partial charge >= 0.3 is 17.9 Å². The summed E-state index contributed by atoms with van der Waals surface area (Å²) in [5.41, 5.74) is -1.41. The van der Waals surface area contributed by atoms with E-state index < -0.39 is 35.2 Å². The zero-order valence-corrected chi connectivity index (χ0v) is 13.2. The monoisotopic (exact) mass is 288 g/mol. The molecule has 0 saturated carbocycles. The van der Waals surface area contributed by atoms with E-state index in [-0.39, 0.29) is 6.42 Å². The molecule has 1 atom stereocenters. The van der Waals surface area contributed by atoms with Crippen molar-refractivity contribution in [3.05, 3.63) is 0 Å². The maximum Gasteiger partial charge on any atom is 0.348 e. The summed E-state index contributed by atoms with van der Waals surface area (Å²) in [6.45, 7) is 11.3. The van der Waals surface area contributed by atoms with Crippen LogP contribution in [-0.4, -0.2) is 35.2 Å². The molecule has 0 aliphatic carbocycles. The van der Waals surface area contributed by atoms with Gasteiger partial charge in [-0.15, -0.1) is 0 Å². The van der Waals surface area contributed by atoms with E-state index in [9.17, 15) is 14.4 Å². The molecule has 0 aliphatic heterocycles. The van der Waals surface area contributed by atoms with Gasteiger partial charge in [0, 0.05) is 6.92 Å². The number of esters is 3. The SMILES string of the molecule is CC(=O)O[C@H](CC(=O)OC(C)(C)C)C(=O)OC(C)(C)C. The summed E-state index contributed by atoms with van der Waals surface area (Å²) in [6.07, 6.45) is -1.66. The molecule has 6 nitrogen and oxygen atoms in total. The molecule has 0 bridgehead atoms. The van der Waals surface area contributed by atoms with Crippen LogP contribution in [0.4, 0.5) is 0 Å². The van der Waals surface area contributed by atoms with E-state index in [1.54, 1.807) is 41.5 Å². The van der Waals surface area contributed by atoms with Crippen LogP contribution in [0.2, 0.25) is 0 Å². The Morgan fingerprint density at radius 3 is 1.70 bits per heavy atom. The fourth-order valence-electron chi connectivity index (χ4n) is 1.28. The van der Waals surface area contributed by atoms with E-state index in [1.807, 2.05) is 0 Å². The van der Waals surface area contributed by atoms with Crippen LogP contribution in [0.5, 0.6) is 0 Å². The Bertz CT molecular complexity index is 372. The van der Waals surface area contributed by atoms with Crippen molar-refractivity contribution in [3.8, 4) is 0 Å². The molecule has 20 heavy (non-hydrogen) atoms. The molecular formula is C14H24O6. The number of hydrogen-bond acceptors (Lipinski definition) is 6. The summed E-state index contributed by atoms with van der Waals surface area (Å²) in [6, 6.07) is 0. The van der Waals surface area contributed by atoms with Gasteiger partial charge in [0.2, 0.25) is 6.10 Å². The van der Waals surface area contributed by atoms with Gasteiger partial charge in [-0.2, -0.15) is 0 Å². The summed E-state index contributed by atoms with van der Waals surface area (Å²) < 4.78 is 15.0. The van der Waals surface area contributed by atoms with E-state index in [0.29, 0.717) is 0 Å². The van der Waals surface area contributed by atoms with Crippen molar-refractivity contribution in [2.45, 2.75) is 72.2 Å². The van der Waals surface area contributed by atoms with Crippen LogP contribution in [0, 0.1) is 0 Å². The summed E-state index contributed by atoms with van der Waals surface area (Å²) in [4.78, 5) is 34.6. The molecule has 0 aromatic carbocycles. The average Bonchev–Trinajstić information content (AvgIpc) is 2.09. The van der Waals surface area contributed by atoms with Crippen LogP contribution in [-0.2, 0) is 28.6 Å². The predicted octanol–water partition coefficient (Wildman–Crippen LogP) is 1.99. The molecule has 0 aliphatic rings. The van der Waals surface area contributed by atoms with Crippen molar-refractivity contribution >= 4 is 17.9 Å². The summed E-state index contributed by atoms with van der Waals surface area (Å²) in [7, 11) is 0. The minimum atomic E-state index is -1.29. The van der Waals surface area contributed by atoms with Crippen molar-refractivity contribution in [1.29, 1.82) is 0 Å². The van der Waals surface area contributed by atoms with Gasteiger partial charge in [-0.05, 0) is 41.5 Å². The second-order valence-corrected chi connectivity index (χ2v) is 6.42. The summed E-state index contributed by atoms with van der Waals surface area (Å²) in [5, 5.41) is 0. The largest absolute Gasteiger partial charge is 0.460 e. The third kappa shape index (κ3) is 9.35. The number of carbonyl (C=O) groups is 3. The molecule has 0 unspecified atom stereocenters. The summed E-state index contributed by atoms with van der Waals surface area (Å²) in [5.74, 6) is -2.06. The topological polar surface area (TPSA) is 78.9 Å². The van der Waals surface area contributed by atoms with Gasteiger partial charge in [0.1, 0.15) is 11.2 Å². The Balaban J connectivity index is 4.77. The lowest BCUT2D eigenvalue weighted by atomic mass is 10.1. The first kappa shape index (κ1) is 18.4. The van der Waals surface area contributed by atoms with E-state index in [4.69, 9.17) is 14.2 Å². The Morgan fingerprint density at radius 2 is 1.35 bits per heavy atom. The van der Waals surface area contributed by atoms with Crippen molar-refractivity contribution in [2.24, 2.45) is 0 Å². The normalized spacial score (nSPS) is 13.3. The zero-order valence-electron chi connectivity index (χ0n) is 13.2. The molecule has 116 valence electrons. The molecule has 0 heterocycles. The Hall–Kier alpha value is -1.59. The highest BCUT2D eigenvalue weighted by atomic mass is 16.6. The Morgan fingerprint density at radius 1 is 0.900 bits per heavy atom. The van der Waals surface area contributed by atoms with E-state index in [0.717, 1.165) is 6.92 Å². The van der Waals surface area contributed by atoms with Gasteiger partial charge in [0.05, 0.1) is 6.42 Å². The molecule has 0 spiro atoms. The number of ether oxygens (including phenoxy) is 3. The van der Waals surface area contributed by atoms with Gasteiger partial charge in [0.15, 0.2) is 0 Å². The number of rotatable bonds is 4. The van der Waals surface area contributed by atoms with Gasteiger partial charge in [-0.3, -0.25) is 9.59 Å². The predicted molar refractivity (Wildman–Crippen MR) is 71.9 cm³/mol. The third-order valence-electron chi connectivity index (χ3n) is 1.75. The lowest BCUT2D eigenvalue weighted by molar-refractivity contribution is -0.180. The van der Waals surface area contributed by atoms with Crippen molar-refractivity contribution < 1.29 is 28.6 Å². The molecular weight excluding hydrogens is 264 g/mol. The Labute approximate surface area is 119 Å². The van der Waals surface area contributed by atoms with Crippen LogP contribution in [0.3, 0.4) is 0 Å². The van der Waals surface area contributed by atoms with E-state index in [2.05, 4.69) is 0 Å². The minimum Gasteiger partial charge on any atom is -0.460 e. The quantitative estimate of drug-likeness (QED) is 0.581. The van der Waals surface area contributed by atoms with Crippen molar-refractivity contribution in [1.82, 2.24) is 0 Å². The highest BCUT2D eigenvalue weighted by molar-refractivity contribution is 5.84. The molecule has 0 N–H and O–H groups in total. The zero-order chi connectivity index (χ0) is 16.1. The molecule has 0 amide bonds. The maximum atomic E-state index is 11.9. The van der Waals surface area contributed by atoms with Gasteiger partial charge in [-0.1, -0.05) is 0 Å². The van der Waals surface area contributed by atoms with E-state index in [1.165, 1.54) is 0 Å². The van der Waals surface area contributed by atoms with Gasteiger partial charge in [-0.25, -0.2) is 4.79 Å². The third-order valence-corrected chi connectivity index (χ3v) is 1.75. The Kier molecular flexibility index (Phi) is 6.19. The second kappa shape index (κ2) is 6.72. The fourth-order valence-corrected chi connectivity index (χ4v) is 1.28. The van der Waals surface area contributed by atoms with Crippen LogP contribution >= 0.6 is 0 Å². The maximum absolute atomic E-state index is 11.9. The van der Waals surface area contributed by atoms with Crippen LogP contribution in [0.1, 0.15) is 54.9 Å². The van der Waals surface area contributed by atoms with Crippen molar-refractivity contribution in [3.63, 3.8) is 0 Å². The molecule has 0 aromatic heterocycles. The number of hydrogen-bond donors (Lipinski definition) is 0.